The first kappa shape index (κ1) is 21.0. The van der Waals surface area contributed by atoms with Gasteiger partial charge in [0.1, 0.15) is 12.9 Å². The van der Waals surface area contributed by atoms with Crippen LogP contribution in [-0.4, -0.2) is 45.1 Å². The summed E-state index contributed by atoms with van der Waals surface area (Å²) in [4.78, 5) is 39.5. The summed E-state index contributed by atoms with van der Waals surface area (Å²) in [6.45, 7) is 3.77. The Morgan fingerprint density at radius 3 is 2.50 bits per heavy atom. The van der Waals surface area contributed by atoms with Crippen molar-refractivity contribution in [1.82, 2.24) is 25.4 Å². The largest absolute Gasteiger partial charge is 0.350 e. The van der Waals surface area contributed by atoms with Gasteiger partial charge in [-0.2, -0.15) is 0 Å². The molecule has 0 bridgehead atoms. The molecule has 1 aromatic heterocycles. The number of aromatic nitrogens is 3. The lowest BCUT2D eigenvalue weighted by atomic mass is 10.1. The maximum Gasteiger partial charge on any atom is 0.248 e. The molecule has 0 saturated carbocycles. The molecule has 1 heterocycles. The summed E-state index contributed by atoms with van der Waals surface area (Å²) in [5, 5.41) is 11.7. The molecule has 10 heteroatoms. The quantitative estimate of drug-likeness (QED) is 0.462. The van der Waals surface area contributed by atoms with Gasteiger partial charge < -0.3 is 16.4 Å². The Morgan fingerprint density at radius 1 is 1.11 bits per heavy atom. The Labute approximate surface area is 162 Å². The summed E-state index contributed by atoms with van der Waals surface area (Å²) < 4.78 is 1.31. The molecule has 2 aromatic rings. The molecule has 0 fully saturated rings. The van der Waals surface area contributed by atoms with Crippen LogP contribution in [0.5, 0.6) is 0 Å². The minimum Gasteiger partial charge on any atom is -0.350 e. The average Bonchev–Trinajstić information content (AvgIpc) is 3.11. The zero-order valence-corrected chi connectivity index (χ0v) is 15.9. The monoisotopic (exact) mass is 387 g/mol. The van der Waals surface area contributed by atoms with E-state index in [1.165, 1.54) is 11.0 Å². The topological polar surface area (TPSA) is 144 Å². The molecule has 10 nitrogen and oxygen atoms in total. The molecular formula is C18H25N7O3. The Kier molecular flexibility index (Phi) is 7.64. The van der Waals surface area contributed by atoms with Crippen LogP contribution >= 0.6 is 0 Å². The van der Waals surface area contributed by atoms with Gasteiger partial charge in [0.25, 0.3) is 0 Å². The van der Waals surface area contributed by atoms with Gasteiger partial charge in [-0.3, -0.25) is 19.7 Å². The second-order valence-electron chi connectivity index (χ2n) is 6.56. The number of hydrogen-bond acceptors (Lipinski definition) is 6. The van der Waals surface area contributed by atoms with Crippen molar-refractivity contribution in [2.75, 3.05) is 11.9 Å². The van der Waals surface area contributed by atoms with Gasteiger partial charge in [0.15, 0.2) is 0 Å². The minimum absolute atomic E-state index is 0.0321. The standard InChI is InChI=1S/C18H25N7O3/c1-12(2)16(19)17(28)21-9-14(26)23-18-22-11-25(24-18)10-15(27)20-8-13-6-4-3-5-7-13/h3-7,11-12,16H,8-10,19H2,1-2H3,(H,20,27)(H,21,28)(H,23,24,26)/t16-/m0/s1. The minimum atomic E-state index is -0.681. The van der Waals surface area contributed by atoms with E-state index in [9.17, 15) is 14.4 Å². The van der Waals surface area contributed by atoms with E-state index in [1.54, 1.807) is 0 Å². The SMILES string of the molecule is CC(C)[C@H](N)C(=O)NCC(=O)Nc1ncn(CC(=O)NCc2ccccc2)n1. The summed E-state index contributed by atoms with van der Waals surface area (Å²) in [5.74, 6) is -1.12. The molecule has 1 aromatic carbocycles. The number of carbonyl (C=O) groups excluding carboxylic acids is 3. The molecule has 3 amide bonds. The highest BCUT2D eigenvalue weighted by Gasteiger charge is 2.18. The van der Waals surface area contributed by atoms with E-state index in [0.717, 1.165) is 5.56 Å². The summed E-state index contributed by atoms with van der Waals surface area (Å²) >= 11 is 0. The van der Waals surface area contributed by atoms with Crippen LogP contribution in [-0.2, 0) is 27.5 Å². The van der Waals surface area contributed by atoms with Crippen LogP contribution in [0.3, 0.4) is 0 Å². The maximum absolute atomic E-state index is 12.0. The van der Waals surface area contributed by atoms with E-state index in [1.807, 2.05) is 44.2 Å². The van der Waals surface area contributed by atoms with Gasteiger partial charge in [-0.15, -0.1) is 5.10 Å². The first-order valence-electron chi connectivity index (χ1n) is 8.88. The Morgan fingerprint density at radius 2 is 1.82 bits per heavy atom. The van der Waals surface area contributed by atoms with Crippen molar-refractivity contribution in [3.8, 4) is 0 Å². The molecular weight excluding hydrogens is 362 g/mol. The number of nitrogens with zero attached hydrogens (tertiary/aromatic N) is 3. The summed E-state index contributed by atoms with van der Waals surface area (Å²) in [5.41, 5.74) is 6.69. The number of amides is 3. The van der Waals surface area contributed by atoms with Gasteiger partial charge in [0.2, 0.25) is 23.7 Å². The van der Waals surface area contributed by atoms with Crippen LogP contribution in [0.15, 0.2) is 36.7 Å². The summed E-state index contributed by atoms with van der Waals surface area (Å²) in [6.07, 6.45) is 1.34. The highest BCUT2D eigenvalue weighted by atomic mass is 16.2. The molecule has 0 aliphatic carbocycles. The Balaban J connectivity index is 1.74. The highest BCUT2D eigenvalue weighted by Crippen LogP contribution is 2.00. The van der Waals surface area contributed by atoms with Gasteiger partial charge in [-0.05, 0) is 11.5 Å². The first-order chi connectivity index (χ1) is 13.3. The van der Waals surface area contributed by atoms with Crippen LogP contribution in [0, 0.1) is 5.92 Å². The fourth-order valence-electron chi connectivity index (χ4n) is 2.18. The van der Waals surface area contributed by atoms with Crippen molar-refractivity contribution in [2.45, 2.75) is 33.0 Å². The Hall–Kier alpha value is -3.27. The van der Waals surface area contributed by atoms with Crippen LogP contribution in [0.4, 0.5) is 5.95 Å². The predicted octanol–water partition coefficient (Wildman–Crippen LogP) is -0.367. The Bertz CT molecular complexity index is 805. The van der Waals surface area contributed by atoms with Gasteiger partial charge in [0, 0.05) is 6.54 Å². The third kappa shape index (κ3) is 6.80. The highest BCUT2D eigenvalue weighted by molar-refractivity contribution is 5.94. The smallest absolute Gasteiger partial charge is 0.248 e. The van der Waals surface area contributed by atoms with Gasteiger partial charge in [-0.25, -0.2) is 9.67 Å². The molecule has 0 aliphatic rings. The number of nitrogens with two attached hydrogens (primary N) is 1. The van der Waals surface area contributed by atoms with Crippen molar-refractivity contribution in [3.63, 3.8) is 0 Å². The zero-order chi connectivity index (χ0) is 20.5. The van der Waals surface area contributed by atoms with Crippen LogP contribution in [0.25, 0.3) is 0 Å². The van der Waals surface area contributed by atoms with E-state index >= 15 is 0 Å². The van der Waals surface area contributed by atoms with Gasteiger partial charge in [-0.1, -0.05) is 44.2 Å². The lowest BCUT2D eigenvalue weighted by molar-refractivity contribution is -0.125. The van der Waals surface area contributed by atoms with Gasteiger partial charge >= 0.3 is 0 Å². The molecule has 1 atom stereocenters. The van der Waals surface area contributed by atoms with Crippen molar-refractivity contribution < 1.29 is 14.4 Å². The molecule has 2 rings (SSSR count). The van der Waals surface area contributed by atoms with Crippen molar-refractivity contribution in [1.29, 1.82) is 0 Å². The number of hydrogen-bond donors (Lipinski definition) is 4. The van der Waals surface area contributed by atoms with Gasteiger partial charge in [0.05, 0.1) is 12.6 Å². The normalized spacial score (nSPS) is 11.7. The zero-order valence-electron chi connectivity index (χ0n) is 15.9. The first-order valence-corrected chi connectivity index (χ1v) is 8.88. The third-order valence-corrected chi connectivity index (χ3v) is 3.87. The number of nitrogens with one attached hydrogen (secondary N) is 3. The van der Waals surface area contributed by atoms with E-state index in [2.05, 4.69) is 26.0 Å². The molecule has 5 N–H and O–H groups in total. The second-order valence-corrected chi connectivity index (χ2v) is 6.56. The van der Waals surface area contributed by atoms with Crippen molar-refractivity contribution in [2.24, 2.45) is 11.7 Å². The molecule has 0 saturated heterocycles. The predicted molar refractivity (Wildman–Crippen MR) is 103 cm³/mol. The molecule has 0 spiro atoms. The van der Waals surface area contributed by atoms with Crippen LogP contribution in [0.1, 0.15) is 19.4 Å². The van der Waals surface area contributed by atoms with Crippen molar-refractivity contribution >= 4 is 23.7 Å². The van der Waals surface area contributed by atoms with E-state index in [-0.39, 0.29) is 30.9 Å². The molecule has 0 unspecified atom stereocenters. The van der Waals surface area contributed by atoms with Crippen LogP contribution < -0.4 is 21.7 Å². The van der Waals surface area contributed by atoms with E-state index < -0.39 is 17.9 Å². The fourth-order valence-corrected chi connectivity index (χ4v) is 2.18. The number of benzene rings is 1. The molecule has 150 valence electrons. The lowest BCUT2D eigenvalue weighted by Crippen LogP contribution is -2.46. The van der Waals surface area contributed by atoms with Crippen molar-refractivity contribution in [3.05, 3.63) is 42.2 Å². The average molecular weight is 387 g/mol. The lowest BCUT2D eigenvalue weighted by Gasteiger charge is -2.14. The third-order valence-electron chi connectivity index (χ3n) is 3.87. The molecule has 28 heavy (non-hydrogen) atoms. The van der Waals surface area contributed by atoms with E-state index in [4.69, 9.17) is 5.73 Å². The fraction of sp³-hybridized carbons (Fsp3) is 0.389. The molecule has 0 radical (unpaired) electrons. The number of carbonyl (C=O) groups is 3. The number of rotatable bonds is 9. The molecule has 0 aliphatic heterocycles. The summed E-state index contributed by atoms with van der Waals surface area (Å²) in [6, 6.07) is 8.84. The number of anilines is 1. The van der Waals surface area contributed by atoms with Crippen LogP contribution in [0.2, 0.25) is 0 Å². The van der Waals surface area contributed by atoms with E-state index in [0.29, 0.717) is 6.54 Å². The maximum atomic E-state index is 12.0. The summed E-state index contributed by atoms with van der Waals surface area (Å²) in [7, 11) is 0. The second kappa shape index (κ2) is 10.2.